The lowest BCUT2D eigenvalue weighted by Crippen LogP contribution is -2.48. The highest BCUT2D eigenvalue weighted by Crippen LogP contribution is 2.20. The van der Waals surface area contributed by atoms with Crippen LogP contribution >= 0.6 is 0 Å². The summed E-state index contributed by atoms with van der Waals surface area (Å²) in [6, 6.07) is 7.42. The summed E-state index contributed by atoms with van der Waals surface area (Å²) in [5.41, 5.74) is 3.68. The molecule has 2 heterocycles. The summed E-state index contributed by atoms with van der Waals surface area (Å²) in [5.74, 6) is -0.770. The van der Waals surface area contributed by atoms with E-state index in [9.17, 15) is 14.4 Å². The lowest BCUT2D eigenvalue weighted by Gasteiger charge is -2.19. The van der Waals surface area contributed by atoms with E-state index in [0.29, 0.717) is 12.8 Å². The first-order valence-corrected chi connectivity index (χ1v) is 8.46. The molecule has 2 aromatic rings. The van der Waals surface area contributed by atoms with Crippen LogP contribution in [0.2, 0.25) is 0 Å². The Kier molecular flexibility index (Phi) is 4.48. The number of amides is 4. The molecule has 1 aromatic carbocycles. The summed E-state index contributed by atoms with van der Waals surface area (Å²) >= 11 is 0. The third-order valence-electron chi connectivity index (χ3n) is 4.73. The Morgan fingerprint density at radius 1 is 1.28 bits per heavy atom. The first-order valence-electron chi connectivity index (χ1n) is 8.46. The van der Waals surface area contributed by atoms with Crippen LogP contribution < -0.4 is 10.7 Å². The molecular weight excluding hydrogens is 320 g/mol. The normalized spacial score (nSPS) is 20.2. The number of imide groups is 1. The molecule has 0 saturated carbocycles. The fourth-order valence-corrected chi connectivity index (χ4v) is 2.98. The second-order valence-electron chi connectivity index (χ2n) is 6.50. The van der Waals surface area contributed by atoms with E-state index in [1.54, 1.807) is 6.92 Å². The second kappa shape index (κ2) is 6.58. The molecule has 25 heavy (non-hydrogen) atoms. The number of carbonyl (C=O) groups is 3. The molecule has 0 spiro atoms. The van der Waals surface area contributed by atoms with Crippen molar-refractivity contribution in [3.05, 3.63) is 36.0 Å². The highest BCUT2D eigenvalue weighted by Gasteiger charge is 2.47. The molecule has 7 nitrogen and oxygen atoms in total. The van der Waals surface area contributed by atoms with Crippen molar-refractivity contribution < 1.29 is 14.4 Å². The van der Waals surface area contributed by atoms with E-state index in [0.717, 1.165) is 27.9 Å². The van der Waals surface area contributed by atoms with Gasteiger partial charge in [-0.25, -0.2) is 4.79 Å². The van der Waals surface area contributed by atoms with E-state index in [1.165, 1.54) is 0 Å². The van der Waals surface area contributed by atoms with Crippen molar-refractivity contribution in [2.24, 2.45) is 0 Å². The molecule has 1 fully saturated rings. The van der Waals surface area contributed by atoms with Gasteiger partial charge in [0.2, 0.25) is 5.91 Å². The fourth-order valence-electron chi connectivity index (χ4n) is 2.98. The quantitative estimate of drug-likeness (QED) is 0.703. The molecular formula is C18H22N4O3. The number of para-hydroxylation sites is 1. The molecule has 3 rings (SSSR count). The van der Waals surface area contributed by atoms with Gasteiger partial charge in [0.15, 0.2) is 0 Å². The molecule has 3 N–H and O–H groups in total. The molecule has 7 heteroatoms. The predicted molar refractivity (Wildman–Crippen MR) is 93.5 cm³/mol. The van der Waals surface area contributed by atoms with Gasteiger partial charge in [-0.3, -0.25) is 15.0 Å². The van der Waals surface area contributed by atoms with Gasteiger partial charge < -0.3 is 10.3 Å². The average molecular weight is 342 g/mol. The van der Waals surface area contributed by atoms with Crippen LogP contribution in [0.4, 0.5) is 4.79 Å². The number of fused-ring (bicyclic) bond motifs is 1. The first kappa shape index (κ1) is 17.0. The fraction of sp³-hybridized carbons (Fsp3) is 0.389. The zero-order valence-corrected chi connectivity index (χ0v) is 14.4. The molecule has 1 aromatic heterocycles. The zero-order valence-electron chi connectivity index (χ0n) is 14.4. The van der Waals surface area contributed by atoms with Gasteiger partial charge in [-0.15, -0.1) is 0 Å². The van der Waals surface area contributed by atoms with Gasteiger partial charge in [0.05, 0.1) is 0 Å². The van der Waals surface area contributed by atoms with Gasteiger partial charge in [-0.1, -0.05) is 25.1 Å². The number of benzene rings is 1. The number of aryl methyl sites for hydroxylation is 1. The SMILES string of the molecule is CCC1(C)NC(=O)N(NC(=O)CCCc2c[nH]c3ccccc23)C1=O. The molecule has 1 aliphatic rings. The minimum atomic E-state index is -0.950. The van der Waals surface area contributed by atoms with Crippen molar-refractivity contribution in [2.45, 2.75) is 45.1 Å². The molecule has 0 bridgehead atoms. The highest BCUT2D eigenvalue weighted by molar-refractivity contribution is 6.07. The van der Waals surface area contributed by atoms with Crippen molar-refractivity contribution in [2.75, 3.05) is 0 Å². The Labute approximate surface area is 145 Å². The molecule has 4 amide bonds. The Balaban J connectivity index is 1.53. The highest BCUT2D eigenvalue weighted by atomic mass is 16.2. The molecule has 1 unspecified atom stereocenters. The largest absolute Gasteiger partial charge is 0.361 e. The Morgan fingerprint density at radius 3 is 2.76 bits per heavy atom. The van der Waals surface area contributed by atoms with Crippen molar-refractivity contribution in [3.8, 4) is 0 Å². The minimum Gasteiger partial charge on any atom is -0.361 e. The Bertz CT molecular complexity index is 829. The van der Waals surface area contributed by atoms with Gasteiger partial charge in [0.25, 0.3) is 5.91 Å². The van der Waals surface area contributed by atoms with Crippen molar-refractivity contribution in [1.29, 1.82) is 0 Å². The number of hydrogen-bond donors (Lipinski definition) is 3. The van der Waals surface area contributed by atoms with E-state index in [1.807, 2.05) is 37.4 Å². The maximum Gasteiger partial charge on any atom is 0.344 e. The van der Waals surface area contributed by atoms with Crippen LogP contribution in [0.15, 0.2) is 30.5 Å². The Morgan fingerprint density at radius 2 is 2.04 bits per heavy atom. The summed E-state index contributed by atoms with van der Waals surface area (Å²) in [6.07, 6.45) is 4.02. The summed E-state index contributed by atoms with van der Waals surface area (Å²) in [6.45, 7) is 3.46. The van der Waals surface area contributed by atoms with Crippen LogP contribution in [0, 0.1) is 0 Å². The van der Waals surface area contributed by atoms with Crippen molar-refractivity contribution in [1.82, 2.24) is 20.7 Å². The monoisotopic (exact) mass is 342 g/mol. The molecule has 1 aliphatic heterocycles. The van der Waals surface area contributed by atoms with Crippen molar-refractivity contribution >= 4 is 28.7 Å². The summed E-state index contributed by atoms with van der Waals surface area (Å²) in [5, 5.41) is 4.54. The van der Waals surface area contributed by atoms with Crippen LogP contribution in [0.5, 0.6) is 0 Å². The molecule has 0 aliphatic carbocycles. The minimum absolute atomic E-state index is 0.236. The van der Waals surface area contributed by atoms with Gasteiger partial charge in [0.1, 0.15) is 5.54 Å². The van der Waals surface area contributed by atoms with Crippen LogP contribution in [0.3, 0.4) is 0 Å². The van der Waals surface area contributed by atoms with Gasteiger partial charge in [-0.05, 0) is 37.8 Å². The number of nitrogens with one attached hydrogen (secondary N) is 3. The van der Waals surface area contributed by atoms with E-state index in [-0.39, 0.29) is 12.3 Å². The number of hydrazine groups is 1. The summed E-state index contributed by atoms with van der Waals surface area (Å²) in [4.78, 5) is 39.4. The third-order valence-corrected chi connectivity index (χ3v) is 4.73. The lowest BCUT2D eigenvalue weighted by atomic mass is 10.00. The Hall–Kier alpha value is -2.83. The number of hydrogen-bond acceptors (Lipinski definition) is 3. The average Bonchev–Trinajstić information content (AvgIpc) is 3.10. The van der Waals surface area contributed by atoms with Crippen LogP contribution in [-0.4, -0.2) is 33.4 Å². The standard InChI is InChI=1S/C18H22N4O3/c1-3-18(2)16(24)22(17(25)20-18)21-15(23)10-6-7-12-11-19-14-9-5-4-8-13(12)14/h4-5,8-9,11,19H,3,6-7,10H2,1-2H3,(H,20,25)(H,21,23). The van der Waals surface area contributed by atoms with Crippen LogP contribution in [0.1, 0.15) is 38.7 Å². The predicted octanol–water partition coefficient (Wildman–Crippen LogP) is 2.24. The summed E-state index contributed by atoms with van der Waals surface area (Å²) in [7, 11) is 0. The smallest absolute Gasteiger partial charge is 0.344 e. The topological polar surface area (TPSA) is 94.3 Å². The number of aromatic nitrogens is 1. The number of nitrogens with zero attached hydrogens (tertiary/aromatic N) is 1. The second-order valence-corrected chi connectivity index (χ2v) is 6.50. The van der Waals surface area contributed by atoms with Gasteiger partial charge in [0, 0.05) is 23.5 Å². The van der Waals surface area contributed by atoms with Crippen molar-refractivity contribution in [3.63, 3.8) is 0 Å². The van der Waals surface area contributed by atoms with E-state index >= 15 is 0 Å². The maximum absolute atomic E-state index is 12.2. The van der Waals surface area contributed by atoms with Crippen LogP contribution in [0.25, 0.3) is 10.9 Å². The number of aromatic amines is 1. The number of carbonyl (C=O) groups excluding carboxylic acids is 3. The maximum atomic E-state index is 12.2. The lowest BCUT2D eigenvalue weighted by molar-refractivity contribution is -0.138. The van der Waals surface area contributed by atoms with E-state index < -0.39 is 17.5 Å². The zero-order chi connectivity index (χ0) is 18.0. The molecule has 0 radical (unpaired) electrons. The first-order chi connectivity index (χ1) is 11.9. The van der Waals surface area contributed by atoms with Gasteiger partial charge >= 0.3 is 6.03 Å². The number of urea groups is 1. The van der Waals surface area contributed by atoms with E-state index in [4.69, 9.17) is 0 Å². The number of H-pyrrole nitrogens is 1. The van der Waals surface area contributed by atoms with Crippen LogP contribution in [-0.2, 0) is 16.0 Å². The molecule has 132 valence electrons. The number of rotatable bonds is 6. The van der Waals surface area contributed by atoms with Gasteiger partial charge in [-0.2, -0.15) is 5.01 Å². The molecule has 1 saturated heterocycles. The summed E-state index contributed by atoms with van der Waals surface area (Å²) < 4.78 is 0. The van der Waals surface area contributed by atoms with E-state index in [2.05, 4.69) is 15.7 Å². The molecule has 1 atom stereocenters. The third kappa shape index (κ3) is 3.22.